The quantitative estimate of drug-likeness (QED) is 0.704. The molecule has 0 aliphatic heterocycles. The molecule has 1 atom stereocenters. The fourth-order valence-corrected chi connectivity index (χ4v) is 3.15. The Morgan fingerprint density at radius 3 is 2.75 bits per heavy atom. The number of methoxy groups -OCH3 is 2. The van der Waals surface area contributed by atoms with Crippen molar-refractivity contribution in [3.63, 3.8) is 0 Å². The van der Waals surface area contributed by atoms with Crippen LogP contribution in [0.25, 0.3) is 16.7 Å². The highest BCUT2D eigenvalue weighted by molar-refractivity contribution is 5.79. The van der Waals surface area contributed by atoms with Gasteiger partial charge in [0, 0.05) is 31.9 Å². The zero-order valence-corrected chi connectivity index (χ0v) is 16.2. The summed E-state index contributed by atoms with van der Waals surface area (Å²) in [7, 11) is 3.12. The molecule has 150 valence electrons. The third-order valence-electron chi connectivity index (χ3n) is 4.56. The second-order valence-corrected chi connectivity index (χ2v) is 6.27. The lowest BCUT2D eigenvalue weighted by atomic mass is 10.1. The van der Waals surface area contributed by atoms with E-state index in [1.54, 1.807) is 25.3 Å². The van der Waals surface area contributed by atoms with Gasteiger partial charge in [0.25, 0.3) is 5.56 Å². The lowest BCUT2D eigenvalue weighted by Gasteiger charge is -2.23. The van der Waals surface area contributed by atoms with Gasteiger partial charge in [-0.05, 0) is 25.1 Å². The topological polar surface area (TPSA) is 111 Å². The largest absolute Gasteiger partial charge is 0.497 e. The third kappa shape index (κ3) is 3.71. The standard InChI is InChI=1S/C19H24N4O5/c1-4-28-8-7-22-18(24)15-5-6-16(20)21-17(15)23(19(22)25)12-9-13(26-2)11-14(10-12)27-3/h5-6,9,11,14H,4,7-8,10H2,1-3H3,(H2,20,21). The number of nitrogen functional groups attached to an aromatic ring is 1. The Morgan fingerprint density at radius 2 is 2.07 bits per heavy atom. The Morgan fingerprint density at radius 1 is 1.29 bits per heavy atom. The van der Waals surface area contributed by atoms with Crippen molar-refractivity contribution in [2.45, 2.75) is 26.0 Å². The number of fused-ring (bicyclic) bond motifs is 1. The summed E-state index contributed by atoms with van der Waals surface area (Å²) in [6.07, 6.45) is 3.70. The van der Waals surface area contributed by atoms with E-state index in [1.165, 1.54) is 11.7 Å². The van der Waals surface area contributed by atoms with E-state index >= 15 is 0 Å². The Kier molecular flexibility index (Phi) is 5.96. The monoisotopic (exact) mass is 388 g/mol. The predicted octanol–water partition coefficient (Wildman–Crippen LogP) is 0.967. The Bertz CT molecular complexity index is 1050. The highest BCUT2D eigenvalue weighted by atomic mass is 16.5. The molecule has 0 bridgehead atoms. The van der Waals surface area contributed by atoms with E-state index in [4.69, 9.17) is 19.9 Å². The van der Waals surface area contributed by atoms with Crippen molar-refractivity contribution in [1.82, 2.24) is 14.1 Å². The van der Waals surface area contributed by atoms with E-state index in [-0.39, 0.29) is 30.7 Å². The van der Waals surface area contributed by atoms with Crippen molar-refractivity contribution in [2.24, 2.45) is 0 Å². The van der Waals surface area contributed by atoms with Crippen molar-refractivity contribution in [3.8, 4) is 0 Å². The van der Waals surface area contributed by atoms with Crippen LogP contribution in [0.3, 0.4) is 0 Å². The second-order valence-electron chi connectivity index (χ2n) is 6.27. The normalized spacial score (nSPS) is 16.8. The van der Waals surface area contributed by atoms with Crippen LogP contribution in [0, 0.1) is 0 Å². The summed E-state index contributed by atoms with van der Waals surface area (Å²) in [6.45, 7) is 2.74. The smallest absolute Gasteiger partial charge is 0.337 e. The molecule has 28 heavy (non-hydrogen) atoms. The Labute approximate surface area is 161 Å². The summed E-state index contributed by atoms with van der Waals surface area (Å²) in [5, 5.41) is 0.300. The van der Waals surface area contributed by atoms with Crippen LogP contribution in [0.1, 0.15) is 13.3 Å². The van der Waals surface area contributed by atoms with Crippen LogP contribution in [0.4, 0.5) is 5.82 Å². The zero-order valence-electron chi connectivity index (χ0n) is 16.2. The van der Waals surface area contributed by atoms with E-state index in [2.05, 4.69) is 4.98 Å². The fraction of sp³-hybridized carbons (Fsp3) is 0.421. The minimum atomic E-state index is -0.506. The molecule has 9 nitrogen and oxygen atoms in total. The summed E-state index contributed by atoms with van der Waals surface area (Å²) >= 11 is 0. The number of anilines is 1. The Hall–Kier alpha value is -2.91. The number of aromatic nitrogens is 3. The molecule has 2 aromatic rings. The van der Waals surface area contributed by atoms with Crippen LogP contribution in [0.15, 0.2) is 39.6 Å². The average molecular weight is 388 g/mol. The maximum absolute atomic E-state index is 13.2. The van der Waals surface area contributed by atoms with Gasteiger partial charge in [0.1, 0.15) is 11.6 Å². The summed E-state index contributed by atoms with van der Waals surface area (Å²) in [6, 6.07) is 3.12. The molecule has 2 N–H and O–H groups in total. The van der Waals surface area contributed by atoms with Crippen molar-refractivity contribution in [3.05, 3.63) is 50.9 Å². The zero-order chi connectivity index (χ0) is 20.3. The third-order valence-corrected chi connectivity index (χ3v) is 4.56. The Balaban J connectivity index is 2.27. The number of nitrogens with zero attached hydrogens (tertiary/aromatic N) is 3. The number of ether oxygens (including phenoxy) is 3. The summed E-state index contributed by atoms with van der Waals surface area (Å²) in [4.78, 5) is 30.4. The number of allylic oxidation sites excluding steroid dienone is 1. The molecule has 9 heteroatoms. The number of hydrogen-bond acceptors (Lipinski definition) is 7. The van der Waals surface area contributed by atoms with Gasteiger partial charge in [-0.15, -0.1) is 0 Å². The molecule has 1 unspecified atom stereocenters. The summed E-state index contributed by atoms with van der Waals surface area (Å²) in [5.41, 5.74) is 5.71. The highest BCUT2D eigenvalue weighted by Crippen LogP contribution is 2.25. The van der Waals surface area contributed by atoms with E-state index in [0.717, 1.165) is 4.57 Å². The molecule has 0 amide bonds. The van der Waals surface area contributed by atoms with Crippen LogP contribution in [0.2, 0.25) is 0 Å². The van der Waals surface area contributed by atoms with Gasteiger partial charge in [-0.3, -0.25) is 9.36 Å². The first-order valence-electron chi connectivity index (χ1n) is 8.99. The predicted molar refractivity (Wildman–Crippen MR) is 106 cm³/mol. The summed E-state index contributed by atoms with van der Waals surface area (Å²) in [5.74, 6) is 0.776. The molecule has 2 heterocycles. The molecule has 3 rings (SSSR count). The van der Waals surface area contributed by atoms with Crippen LogP contribution in [-0.4, -0.2) is 47.7 Å². The minimum Gasteiger partial charge on any atom is -0.497 e. The number of nitrogens with two attached hydrogens (primary N) is 1. The molecule has 1 aliphatic carbocycles. The molecular formula is C19H24N4O5. The van der Waals surface area contributed by atoms with Crippen LogP contribution >= 0.6 is 0 Å². The van der Waals surface area contributed by atoms with Gasteiger partial charge >= 0.3 is 5.69 Å². The first-order valence-corrected chi connectivity index (χ1v) is 8.99. The highest BCUT2D eigenvalue weighted by Gasteiger charge is 2.22. The SMILES string of the molecule is CCOCCn1c(=O)c2ccc(N)nc2n(C2=CC(OC)=CC(OC)C2)c1=O. The van der Waals surface area contributed by atoms with Gasteiger partial charge in [-0.1, -0.05) is 0 Å². The first kappa shape index (κ1) is 19.8. The lowest BCUT2D eigenvalue weighted by Crippen LogP contribution is -2.41. The molecule has 0 radical (unpaired) electrons. The van der Waals surface area contributed by atoms with E-state index in [1.807, 2.05) is 13.0 Å². The van der Waals surface area contributed by atoms with Crippen LogP contribution < -0.4 is 17.0 Å². The van der Waals surface area contributed by atoms with Crippen LogP contribution in [0.5, 0.6) is 0 Å². The van der Waals surface area contributed by atoms with Gasteiger partial charge in [0.2, 0.25) is 0 Å². The van der Waals surface area contributed by atoms with Crippen molar-refractivity contribution >= 4 is 22.5 Å². The molecule has 1 aliphatic rings. The molecule has 2 aromatic heterocycles. The van der Waals surface area contributed by atoms with Gasteiger partial charge in [-0.2, -0.15) is 0 Å². The average Bonchev–Trinajstić information content (AvgIpc) is 2.70. The first-order chi connectivity index (χ1) is 13.5. The minimum absolute atomic E-state index is 0.139. The fourth-order valence-electron chi connectivity index (χ4n) is 3.15. The maximum atomic E-state index is 13.2. The van der Waals surface area contributed by atoms with E-state index in [9.17, 15) is 9.59 Å². The van der Waals surface area contributed by atoms with E-state index in [0.29, 0.717) is 29.9 Å². The van der Waals surface area contributed by atoms with Gasteiger partial charge in [0.15, 0.2) is 5.65 Å². The molecule has 0 spiro atoms. The molecular weight excluding hydrogens is 364 g/mol. The molecule has 0 saturated heterocycles. The number of pyridine rings is 1. The number of rotatable bonds is 7. The molecule has 0 fully saturated rings. The van der Waals surface area contributed by atoms with Gasteiger partial charge < -0.3 is 19.9 Å². The van der Waals surface area contributed by atoms with Gasteiger partial charge in [0.05, 0.1) is 31.8 Å². The lowest BCUT2D eigenvalue weighted by molar-refractivity contribution is 0.135. The second kappa shape index (κ2) is 8.41. The molecule has 0 aromatic carbocycles. The number of hydrogen-bond donors (Lipinski definition) is 1. The maximum Gasteiger partial charge on any atom is 0.337 e. The molecule has 0 saturated carbocycles. The summed E-state index contributed by atoms with van der Waals surface area (Å²) < 4.78 is 18.7. The van der Waals surface area contributed by atoms with Crippen molar-refractivity contribution < 1.29 is 14.2 Å². The van der Waals surface area contributed by atoms with Gasteiger partial charge in [-0.25, -0.2) is 14.3 Å². The van der Waals surface area contributed by atoms with Crippen LogP contribution in [-0.2, 0) is 20.8 Å². The van der Waals surface area contributed by atoms with E-state index < -0.39 is 11.2 Å². The van der Waals surface area contributed by atoms with Crippen molar-refractivity contribution in [2.75, 3.05) is 33.2 Å². The van der Waals surface area contributed by atoms with Crippen molar-refractivity contribution in [1.29, 1.82) is 0 Å².